The quantitative estimate of drug-likeness (QED) is 0.516. The SMILES string of the molecule is COC(=O)CCCNC(=O)CNC(=O)CC12CC3CC(CC(C3)C1)C2. The molecule has 0 radical (unpaired) electrons. The molecule has 2 N–H and O–H groups in total. The lowest BCUT2D eigenvalue weighted by molar-refractivity contribution is -0.140. The average molecular weight is 350 g/mol. The van der Waals surface area contributed by atoms with Crippen LogP contribution in [0.2, 0.25) is 0 Å². The van der Waals surface area contributed by atoms with E-state index in [9.17, 15) is 14.4 Å². The van der Waals surface area contributed by atoms with Gasteiger partial charge in [-0.2, -0.15) is 0 Å². The summed E-state index contributed by atoms with van der Waals surface area (Å²) in [5, 5.41) is 5.49. The molecule has 4 bridgehead atoms. The molecule has 4 fully saturated rings. The molecule has 4 aliphatic carbocycles. The van der Waals surface area contributed by atoms with E-state index in [0.29, 0.717) is 19.4 Å². The number of esters is 1. The van der Waals surface area contributed by atoms with Crippen molar-refractivity contribution in [3.05, 3.63) is 0 Å². The van der Waals surface area contributed by atoms with Gasteiger partial charge in [0.1, 0.15) is 0 Å². The topological polar surface area (TPSA) is 84.5 Å². The van der Waals surface area contributed by atoms with Crippen LogP contribution in [0, 0.1) is 23.2 Å². The fourth-order valence-corrected chi connectivity index (χ4v) is 5.71. The van der Waals surface area contributed by atoms with Gasteiger partial charge in [0, 0.05) is 19.4 Å². The lowest BCUT2D eigenvalue weighted by atomic mass is 9.49. The Morgan fingerprint density at radius 2 is 1.56 bits per heavy atom. The molecule has 6 heteroatoms. The summed E-state index contributed by atoms with van der Waals surface area (Å²) < 4.78 is 4.54. The highest BCUT2D eigenvalue weighted by Gasteiger charge is 2.51. The van der Waals surface area contributed by atoms with Crippen LogP contribution in [0.15, 0.2) is 0 Å². The number of amides is 2. The second-order valence-corrected chi connectivity index (χ2v) is 8.40. The highest BCUT2D eigenvalue weighted by Crippen LogP contribution is 2.61. The molecule has 0 aromatic heterocycles. The van der Waals surface area contributed by atoms with Crippen molar-refractivity contribution in [3.8, 4) is 0 Å². The third-order valence-electron chi connectivity index (χ3n) is 6.25. The molecule has 0 aromatic rings. The van der Waals surface area contributed by atoms with E-state index >= 15 is 0 Å². The Kier molecular flexibility index (Phi) is 5.64. The molecule has 0 saturated heterocycles. The fraction of sp³-hybridized carbons (Fsp3) is 0.842. The lowest BCUT2D eigenvalue weighted by Gasteiger charge is -2.56. The predicted octanol–water partition coefficient (Wildman–Crippen LogP) is 1.78. The number of ether oxygens (including phenoxy) is 1. The fourth-order valence-electron chi connectivity index (χ4n) is 5.71. The summed E-state index contributed by atoms with van der Waals surface area (Å²) in [6, 6.07) is 0. The minimum atomic E-state index is -0.280. The molecule has 140 valence electrons. The van der Waals surface area contributed by atoms with Crippen molar-refractivity contribution in [1.82, 2.24) is 10.6 Å². The summed E-state index contributed by atoms with van der Waals surface area (Å²) in [6.07, 6.45) is 9.11. The van der Waals surface area contributed by atoms with E-state index in [-0.39, 0.29) is 36.2 Å². The first-order valence-electron chi connectivity index (χ1n) is 9.58. The zero-order valence-electron chi connectivity index (χ0n) is 15.1. The summed E-state index contributed by atoms with van der Waals surface area (Å²) in [5.74, 6) is 2.01. The van der Waals surface area contributed by atoms with Crippen molar-refractivity contribution in [1.29, 1.82) is 0 Å². The van der Waals surface area contributed by atoms with Gasteiger partial charge in [0.15, 0.2) is 0 Å². The van der Waals surface area contributed by atoms with Crippen molar-refractivity contribution < 1.29 is 19.1 Å². The van der Waals surface area contributed by atoms with E-state index in [0.717, 1.165) is 17.8 Å². The van der Waals surface area contributed by atoms with Gasteiger partial charge >= 0.3 is 5.97 Å². The van der Waals surface area contributed by atoms with Crippen LogP contribution in [0.5, 0.6) is 0 Å². The Labute approximate surface area is 149 Å². The third-order valence-corrected chi connectivity index (χ3v) is 6.25. The zero-order valence-corrected chi connectivity index (χ0v) is 15.1. The minimum absolute atomic E-state index is 0.00617. The van der Waals surface area contributed by atoms with Crippen LogP contribution in [-0.2, 0) is 19.1 Å². The van der Waals surface area contributed by atoms with Crippen LogP contribution in [0.4, 0.5) is 0 Å². The lowest BCUT2D eigenvalue weighted by Crippen LogP contribution is -2.48. The van der Waals surface area contributed by atoms with Gasteiger partial charge in [-0.1, -0.05) is 0 Å². The summed E-state index contributed by atoms with van der Waals surface area (Å²) in [6.45, 7) is 0.433. The molecule has 4 saturated carbocycles. The van der Waals surface area contributed by atoms with E-state index in [1.165, 1.54) is 45.6 Å². The molecular weight excluding hydrogens is 320 g/mol. The molecule has 25 heavy (non-hydrogen) atoms. The van der Waals surface area contributed by atoms with Crippen LogP contribution in [0.3, 0.4) is 0 Å². The predicted molar refractivity (Wildman–Crippen MR) is 92.5 cm³/mol. The normalized spacial score (nSPS) is 32.3. The largest absolute Gasteiger partial charge is 0.469 e. The second-order valence-electron chi connectivity index (χ2n) is 8.40. The first-order chi connectivity index (χ1) is 12.0. The Morgan fingerprint density at radius 1 is 0.960 bits per heavy atom. The molecule has 0 atom stereocenters. The number of carbonyl (C=O) groups is 3. The van der Waals surface area contributed by atoms with Crippen LogP contribution >= 0.6 is 0 Å². The van der Waals surface area contributed by atoms with Crippen LogP contribution < -0.4 is 10.6 Å². The maximum absolute atomic E-state index is 12.3. The molecule has 6 nitrogen and oxygen atoms in total. The van der Waals surface area contributed by atoms with Gasteiger partial charge in [0.05, 0.1) is 13.7 Å². The zero-order chi connectivity index (χ0) is 17.9. The van der Waals surface area contributed by atoms with Gasteiger partial charge in [0.2, 0.25) is 11.8 Å². The van der Waals surface area contributed by atoms with Crippen molar-refractivity contribution in [2.24, 2.45) is 23.2 Å². The molecule has 2 amide bonds. The summed E-state index contributed by atoms with van der Waals surface area (Å²) in [4.78, 5) is 35.1. The third kappa shape index (κ3) is 4.73. The Hall–Kier alpha value is -1.59. The molecule has 4 aliphatic rings. The van der Waals surface area contributed by atoms with E-state index < -0.39 is 0 Å². The van der Waals surface area contributed by atoms with Gasteiger partial charge in [-0.25, -0.2) is 0 Å². The standard InChI is InChI=1S/C19H30N2O4/c1-25-18(24)3-2-4-20-17(23)12-21-16(22)11-19-8-13-5-14(9-19)7-15(6-13)10-19/h13-15H,2-12H2,1H3,(H,20,23)(H,21,22). The van der Waals surface area contributed by atoms with E-state index in [1.807, 2.05) is 0 Å². The Morgan fingerprint density at radius 3 is 2.12 bits per heavy atom. The van der Waals surface area contributed by atoms with Crippen molar-refractivity contribution in [2.75, 3.05) is 20.2 Å². The number of rotatable bonds is 8. The van der Waals surface area contributed by atoms with E-state index in [1.54, 1.807) is 0 Å². The van der Waals surface area contributed by atoms with Crippen LogP contribution in [0.1, 0.15) is 57.8 Å². The minimum Gasteiger partial charge on any atom is -0.469 e. The van der Waals surface area contributed by atoms with Gasteiger partial charge in [-0.05, 0) is 68.1 Å². The maximum Gasteiger partial charge on any atom is 0.305 e. The van der Waals surface area contributed by atoms with Gasteiger partial charge in [0.25, 0.3) is 0 Å². The van der Waals surface area contributed by atoms with E-state index in [4.69, 9.17) is 0 Å². The van der Waals surface area contributed by atoms with Crippen LogP contribution in [-0.4, -0.2) is 38.0 Å². The number of methoxy groups -OCH3 is 1. The number of hydrogen-bond acceptors (Lipinski definition) is 4. The van der Waals surface area contributed by atoms with Gasteiger partial charge in [-0.3, -0.25) is 14.4 Å². The van der Waals surface area contributed by atoms with Crippen molar-refractivity contribution >= 4 is 17.8 Å². The number of hydrogen-bond donors (Lipinski definition) is 2. The average Bonchev–Trinajstić information content (AvgIpc) is 2.55. The van der Waals surface area contributed by atoms with Gasteiger partial charge < -0.3 is 15.4 Å². The smallest absolute Gasteiger partial charge is 0.305 e. The molecular formula is C19H30N2O4. The highest BCUT2D eigenvalue weighted by atomic mass is 16.5. The summed E-state index contributed by atoms with van der Waals surface area (Å²) in [7, 11) is 1.35. The molecule has 0 unspecified atom stereocenters. The first-order valence-corrected chi connectivity index (χ1v) is 9.58. The van der Waals surface area contributed by atoms with Gasteiger partial charge in [-0.15, -0.1) is 0 Å². The molecule has 4 rings (SSSR count). The molecule has 0 spiro atoms. The van der Waals surface area contributed by atoms with Crippen molar-refractivity contribution in [2.45, 2.75) is 57.8 Å². The first kappa shape index (κ1) is 18.2. The highest BCUT2D eigenvalue weighted by molar-refractivity contribution is 5.85. The maximum atomic E-state index is 12.3. The number of nitrogens with one attached hydrogen (secondary N) is 2. The second kappa shape index (κ2) is 7.75. The monoisotopic (exact) mass is 350 g/mol. The molecule has 0 aliphatic heterocycles. The summed E-state index contributed by atoms with van der Waals surface area (Å²) >= 11 is 0. The van der Waals surface area contributed by atoms with Crippen LogP contribution in [0.25, 0.3) is 0 Å². The van der Waals surface area contributed by atoms with E-state index in [2.05, 4.69) is 15.4 Å². The Bertz CT molecular complexity index is 496. The number of carbonyl (C=O) groups excluding carboxylic acids is 3. The Balaban J connectivity index is 1.34. The molecule has 0 aromatic carbocycles. The van der Waals surface area contributed by atoms with Crippen molar-refractivity contribution in [3.63, 3.8) is 0 Å². The molecule has 0 heterocycles. The summed E-state index contributed by atoms with van der Waals surface area (Å²) in [5.41, 5.74) is 0.204.